The van der Waals surface area contributed by atoms with Crippen molar-refractivity contribution in [2.45, 2.75) is 12.8 Å². The van der Waals surface area contributed by atoms with Crippen molar-refractivity contribution in [2.24, 2.45) is 5.92 Å². The highest BCUT2D eigenvalue weighted by molar-refractivity contribution is 5.79. The van der Waals surface area contributed by atoms with Crippen LogP contribution in [0.4, 0.5) is 5.95 Å². The Morgan fingerprint density at radius 1 is 1.10 bits per heavy atom. The van der Waals surface area contributed by atoms with E-state index in [1.54, 1.807) is 12.4 Å². The van der Waals surface area contributed by atoms with Crippen molar-refractivity contribution in [1.29, 1.82) is 0 Å². The second kappa shape index (κ2) is 6.17. The summed E-state index contributed by atoms with van der Waals surface area (Å²) < 4.78 is 0. The average molecular weight is 275 g/mol. The predicted octanol–water partition coefficient (Wildman–Crippen LogP) is 0.125. The summed E-state index contributed by atoms with van der Waals surface area (Å²) in [6.45, 7) is 5.13. The first-order valence-electron chi connectivity index (χ1n) is 7.36. The van der Waals surface area contributed by atoms with Gasteiger partial charge < -0.3 is 15.1 Å². The lowest BCUT2D eigenvalue weighted by Gasteiger charge is -2.37. The molecule has 0 spiro atoms. The first-order valence-corrected chi connectivity index (χ1v) is 7.36. The molecular formula is C14H21N5O. The van der Waals surface area contributed by atoms with Crippen molar-refractivity contribution < 1.29 is 4.79 Å². The van der Waals surface area contributed by atoms with E-state index in [0.717, 1.165) is 58.1 Å². The molecule has 0 aromatic carbocycles. The summed E-state index contributed by atoms with van der Waals surface area (Å²) in [5.41, 5.74) is 0. The SMILES string of the molecule is O=C(C1CCNCC1)N1CCN(c2ncccn2)CC1. The normalized spacial score (nSPS) is 21.0. The number of piperazine rings is 1. The molecule has 108 valence electrons. The van der Waals surface area contributed by atoms with Crippen LogP contribution >= 0.6 is 0 Å². The zero-order valence-corrected chi connectivity index (χ0v) is 11.7. The molecule has 1 aromatic heterocycles. The first kappa shape index (κ1) is 13.3. The molecule has 2 fully saturated rings. The summed E-state index contributed by atoms with van der Waals surface area (Å²) in [4.78, 5) is 25.1. The molecule has 2 saturated heterocycles. The predicted molar refractivity (Wildman–Crippen MR) is 76.4 cm³/mol. The van der Waals surface area contributed by atoms with Crippen LogP contribution in [0.5, 0.6) is 0 Å². The standard InChI is InChI=1S/C14H21N5O/c20-13(12-2-6-15-7-3-12)18-8-10-19(11-9-18)14-16-4-1-5-17-14/h1,4-5,12,15H,2-3,6-11H2. The summed E-state index contributed by atoms with van der Waals surface area (Å²) in [6, 6.07) is 1.82. The van der Waals surface area contributed by atoms with Crippen LogP contribution in [0.3, 0.4) is 0 Å². The molecular weight excluding hydrogens is 254 g/mol. The summed E-state index contributed by atoms with van der Waals surface area (Å²) in [6.07, 6.45) is 5.46. The van der Waals surface area contributed by atoms with E-state index < -0.39 is 0 Å². The maximum Gasteiger partial charge on any atom is 0.225 e. The summed E-state index contributed by atoms with van der Waals surface area (Å²) in [7, 11) is 0. The molecule has 0 aliphatic carbocycles. The number of hydrogen-bond acceptors (Lipinski definition) is 5. The zero-order chi connectivity index (χ0) is 13.8. The van der Waals surface area contributed by atoms with Gasteiger partial charge in [0.1, 0.15) is 0 Å². The Morgan fingerprint density at radius 2 is 1.75 bits per heavy atom. The van der Waals surface area contributed by atoms with Gasteiger partial charge in [0.2, 0.25) is 11.9 Å². The number of amides is 1. The molecule has 0 unspecified atom stereocenters. The van der Waals surface area contributed by atoms with Crippen LogP contribution in [-0.4, -0.2) is 60.0 Å². The smallest absolute Gasteiger partial charge is 0.225 e. The fourth-order valence-electron chi connectivity index (χ4n) is 2.91. The van der Waals surface area contributed by atoms with Gasteiger partial charge in [-0.3, -0.25) is 4.79 Å². The van der Waals surface area contributed by atoms with Gasteiger partial charge in [0.15, 0.2) is 0 Å². The molecule has 6 heteroatoms. The number of carbonyl (C=O) groups is 1. The third kappa shape index (κ3) is 2.90. The third-order valence-electron chi connectivity index (χ3n) is 4.11. The molecule has 0 radical (unpaired) electrons. The number of anilines is 1. The summed E-state index contributed by atoms with van der Waals surface area (Å²) in [5.74, 6) is 1.32. The maximum absolute atomic E-state index is 12.4. The molecule has 1 N–H and O–H groups in total. The highest BCUT2D eigenvalue weighted by atomic mass is 16.2. The Morgan fingerprint density at radius 3 is 2.40 bits per heavy atom. The number of nitrogens with one attached hydrogen (secondary N) is 1. The minimum absolute atomic E-state index is 0.218. The van der Waals surface area contributed by atoms with Crippen LogP contribution in [0.15, 0.2) is 18.5 Å². The lowest BCUT2D eigenvalue weighted by molar-refractivity contribution is -0.136. The molecule has 0 bridgehead atoms. The lowest BCUT2D eigenvalue weighted by Crippen LogP contribution is -2.51. The van der Waals surface area contributed by atoms with Gasteiger partial charge in [-0.05, 0) is 32.0 Å². The lowest BCUT2D eigenvalue weighted by atomic mass is 9.96. The number of aromatic nitrogens is 2. The van der Waals surface area contributed by atoms with E-state index in [1.807, 2.05) is 11.0 Å². The second-order valence-corrected chi connectivity index (χ2v) is 5.39. The number of carbonyl (C=O) groups excluding carboxylic acids is 1. The van der Waals surface area contributed by atoms with E-state index in [-0.39, 0.29) is 5.92 Å². The molecule has 2 aliphatic rings. The zero-order valence-electron chi connectivity index (χ0n) is 11.7. The van der Waals surface area contributed by atoms with Crippen molar-refractivity contribution in [1.82, 2.24) is 20.2 Å². The largest absolute Gasteiger partial charge is 0.339 e. The average Bonchev–Trinajstić information content (AvgIpc) is 2.56. The molecule has 0 saturated carbocycles. The topological polar surface area (TPSA) is 61.4 Å². The van der Waals surface area contributed by atoms with E-state index in [1.165, 1.54) is 0 Å². The molecule has 20 heavy (non-hydrogen) atoms. The van der Waals surface area contributed by atoms with Crippen molar-refractivity contribution >= 4 is 11.9 Å². The van der Waals surface area contributed by atoms with E-state index >= 15 is 0 Å². The molecule has 3 heterocycles. The van der Waals surface area contributed by atoms with Crippen LogP contribution < -0.4 is 10.2 Å². The second-order valence-electron chi connectivity index (χ2n) is 5.39. The molecule has 1 amide bonds. The summed E-state index contributed by atoms with van der Waals surface area (Å²) >= 11 is 0. The van der Waals surface area contributed by atoms with Gasteiger partial charge in [-0.25, -0.2) is 9.97 Å². The van der Waals surface area contributed by atoms with Crippen molar-refractivity contribution in [3.63, 3.8) is 0 Å². The van der Waals surface area contributed by atoms with Gasteiger partial charge >= 0.3 is 0 Å². The van der Waals surface area contributed by atoms with E-state index in [9.17, 15) is 4.79 Å². The van der Waals surface area contributed by atoms with Gasteiger partial charge in [0, 0.05) is 44.5 Å². The number of nitrogens with zero attached hydrogens (tertiary/aromatic N) is 4. The maximum atomic E-state index is 12.4. The van der Waals surface area contributed by atoms with Crippen LogP contribution in [0, 0.1) is 5.92 Å². The van der Waals surface area contributed by atoms with Crippen LogP contribution in [0.25, 0.3) is 0 Å². The molecule has 1 aromatic rings. The molecule has 6 nitrogen and oxygen atoms in total. The van der Waals surface area contributed by atoms with Gasteiger partial charge in [0.05, 0.1) is 0 Å². The van der Waals surface area contributed by atoms with Gasteiger partial charge in [-0.2, -0.15) is 0 Å². The summed E-state index contributed by atoms with van der Waals surface area (Å²) in [5, 5.41) is 3.31. The molecule has 2 aliphatic heterocycles. The minimum atomic E-state index is 0.218. The molecule has 0 atom stereocenters. The Hall–Kier alpha value is -1.69. The van der Waals surface area contributed by atoms with Crippen LogP contribution in [0.2, 0.25) is 0 Å². The van der Waals surface area contributed by atoms with E-state index in [0.29, 0.717) is 5.91 Å². The number of hydrogen-bond donors (Lipinski definition) is 1. The highest BCUT2D eigenvalue weighted by Crippen LogP contribution is 2.17. The quantitative estimate of drug-likeness (QED) is 0.831. The van der Waals surface area contributed by atoms with Crippen molar-refractivity contribution in [2.75, 3.05) is 44.2 Å². The first-order chi connectivity index (χ1) is 9.84. The number of rotatable bonds is 2. The van der Waals surface area contributed by atoms with Crippen molar-refractivity contribution in [3.05, 3.63) is 18.5 Å². The monoisotopic (exact) mass is 275 g/mol. The van der Waals surface area contributed by atoms with Gasteiger partial charge in [-0.1, -0.05) is 0 Å². The minimum Gasteiger partial charge on any atom is -0.339 e. The van der Waals surface area contributed by atoms with Crippen molar-refractivity contribution in [3.8, 4) is 0 Å². The third-order valence-corrected chi connectivity index (χ3v) is 4.11. The van der Waals surface area contributed by atoms with E-state index in [2.05, 4.69) is 20.2 Å². The number of piperidine rings is 1. The molecule has 3 rings (SSSR count). The Labute approximate surface area is 119 Å². The van der Waals surface area contributed by atoms with Crippen LogP contribution in [0.1, 0.15) is 12.8 Å². The Kier molecular flexibility index (Phi) is 4.11. The Balaban J connectivity index is 1.54. The van der Waals surface area contributed by atoms with E-state index in [4.69, 9.17) is 0 Å². The van der Waals surface area contributed by atoms with Crippen LogP contribution in [-0.2, 0) is 4.79 Å². The van der Waals surface area contributed by atoms with Gasteiger partial charge in [0.25, 0.3) is 0 Å². The van der Waals surface area contributed by atoms with Gasteiger partial charge in [-0.15, -0.1) is 0 Å². The fraction of sp³-hybridized carbons (Fsp3) is 0.643. The Bertz CT molecular complexity index is 438. The highest BCUT2D eigenvalue weighted by Gasteiger charge is 2.28. The fourth-order valence-corrected chi connectivity index (χ4v) is 2.91.